The van der Waals surface area contributed by atoms with Gasteiger partial charge in [0.25, 0.3) is 0 Å². The number of nitrogens with zero attached hydrogens (tertiary/aromatic N) is 5. The number of rotatable bonds is 5. The van der Waals surface area contributed by atoms with E-state index in [4.69, 9.17) is 9.73 Å². The summed E-state index contributed by atoms with van der Waals surface area (Å²) in [5.74, 6) is 3.23. The third kappa shape index (κ3) is 4.10. The average molecular weight is 342 g/mol. The van der Waals surface area contributed by atoms with Gasteiger partial charge in [-0.1, -0.05) is 12.1 Å². The predicted molar refractivity (Wildman–Crippen MR) is 97.7 cm³/mol. The summed E-state index contributed by atoms with van der Waals surface area (Å²) in [6.07, 6.45) is 2.69. The summed E-state index contributed by atoms with van der Waals surface area (Å²) in [4.78, 5) is 11.3. The largest absolute Gasteiger partial charge is 0.497 e. The molecule has 1 aliphatic rings. The number of benzene rings is 1. The molecule has 0 saturated carbocycles. The van der Waals surface area contributed by atoms with Crippen LogP contribution < -0.4 is 10.1 Å². The highest BCUT2D eigenvalue weighted by Crippen LogP contribution is 2.28. The van der Waals surface area contributed by atoms with Crippen LogP contribution in [0.25, 0.3) is 0 Å². The molecule has 7 heteroatoms. The van der Waals surface area contributed by atoms with Crippen LogP contribution in [0.5, 0.6) is 5.75 Å². The molecule has 0 bridgehead atoms. The third-order valence-electron chi connectivity index (χ3n) is 4.59. The van der Waals surface area contributed by atoms with E-state index in [1.807, 2.05) is 19.2 Å². The maximum atomic E-state index is 5.25. The summed E-state index contributed by atoms with van der Waals surface area (Å²) in [6.45, 7) is 5.44. The smallest absolute Gasteiger partial charge is 0.194 e. The Kier molecular flexibility index (Phi) is 5.53. The second-order valence-corrected chi connectivity index (χ2v) is 6.17. The van der Waals surface area contributed by atoms with Gasteiger partial charge in [-0.15, -0.1) is 0 Å². The number of hydrogen-bond acceptors (Lipinski definition) is 4. The summed E-state index contributed by atoms with van der Waals surface area (Å²) < 4.78 is 7.01. The van der Waals surface area contributed by atoms with E-state index in [1.54, 1.807) is 18.1 Å². The SMILES string of the molecule is CCNC(=NCc1ncnn1C)N1CC[C@@H](c2ccc(OC)cc2)C1. The number of likely N-dealkylation sites (tertiary alicyclic amines) is 1. The fourth-order valence-corrected chi connectivity index (χ4v) is 3.14. The van der Waals surface area contributed by atoms with Crippen LogP contribution in [0.15, 0.2) is 35.6 Å². The number of aromatic nitrogens is 3. The summed E-state index contributed by atoms with van der Waals surface area (Å²) in [5, 5.41) is 7.49. The van der Waals surface area contributed by atoms with Crippen molar-refractivity contribution in [2.24, 2.45) is 12.0 Å². The molecule has 1 aromatic heterocycles. The van der Waals surface area contributed by atoms with E-state index in [9.17, 15) is 0 Å². The van der Waals surface area contributed by atoms with Gasteiger partial charge in [0.05, 0.1) is 7.11 Å². The monoisotopic (exact) mass is 342 g/mol. The van der Waals surface area contributed by atoms with Crippen LogP contribution in [0, 0.1) is 0 Å². The highest BCUT2D eigenvalue weighted by Gasteiger charge is 2.26. The molecule has 25 heavy (non-hydrogen) atoms. The Bertz CT molecular complexity index is 709. The molecule has 0 unspecified atom stereocenters. The number of ether oxygens (including phenoxy) is 1. The number of methoxy groups -OCH3 is 1. The molecule has 1 atom stereocenters. The number of nitrogens with one attached hydrogen (secondary N) is 1. The van der Waals surface area contributed by atoms with Gasteiger partial charge >= 0.3 is 0 Å². The predicted octanol–water partition coefficient (Wildman–Crippen LogP) is 1.78. The van der Waals surface area contributed by atoms with E-state index in [0.717, 1.165) is 43.6 Å². The molecular weight excluding hydrogens is 316 g/mol. The van der Waals surface area contributed by atoms with Gasteiger partial charge in [-0.25, -0.2) is 9.98 Å². The van der Waals surface area contributed by atoms with Crippen LogP contribution in [0.1, 0.15) is 30.7 Å². The first-order valence-electron chi connectivity index (χ1n) is 8.71. The number of guanidine groups is 1. The van der Waals surface area contributed by atoms with Crippen molar-refractivity contribution in [1.82, 2.24) is 25.0 Å². The van der Waals surface area contributed by atoms with Gasteiger partial charge in [0.2, 0.25) is 0 Å². The molecule has 2 heterocycles. The van der Waals surface area contributed by atoms with Crippen molar-refractivity contribution in [3.05, 3.63) is 42.0 Å². The van der Waals surface area contributed by atoms with E-state index in [2.05, 4.69) is 39.4 Å². The molecule has 0 aliphatic carbocycles. The van der Waals surface area contributed by atoms with E-state index in [-0.39, 0.29) is 0 Å². The van der Waals surface area contributed by atoms with Crippen molar-refractivity contribution in [2.75, 3.05) is 26.7 Å². The Labute approximate surface area is 148 Å². The molecule has 1 aromatic carbocycles. The molecule has 3 rings (SSSR count). The zero-order valence-corrected chi connectivity index (χ0v) is 15.1. The number of aryl methyl sites for hydroxylation is 1. The lowest BCUT2D eigenvalue weighted by Gasteiger charge is -2.21. The third-order valence-corrected chi connectivity index (χ3v) is 4.59. The molecule has 1 fully saturated rings. The number of hydrogen-bond donors (Lipinski definition) is 1. The lowest BCUT2D eigenvalue weighted by Crippen LogP contribution is -2.40. The second kappa shape index (κ2) is 8.00. The van der Waals surface area contributed by atoms with Gasteiger partial charge < -0.3 is 15.0 Å². The fraction of sp³-hybridized carbons (Fsp3) is 0.500. The van der Waals surface area contributed by atoms with Crippen LogP contribution in [-0.4, -0.2) is 52.4 Å². The summed E-state index contributed by atoms with van der Waals surface area (Å²) in [7, 11) is 3.59. The van der Waals surface area contributed by atoms with Crippen molar-refractivity contribution in [1.29, 1.82) is 0 Å². The fourth-order valence-electron chi connectivity index (χ4n) is 3.14. The Balaban J connectivity index is 1.67. The summed E-state index contributed by atoms with van der Waals surface area (Å²) >= 11 is 0. The van der Waals surface area contributed by atoms with Crippen LogP contribution in [0.4, 0.5) is 0 Å². The first-order valence-corrected chi connectivity index (χ1v) is 8.71. The Morgan fingerprint density at radius 3 is 2.80 bits per heavy atom. The molecule has 0 radical (unpaired) electrons. The van der Waals surface area contributed by atoms with Gasteiger partial charge in [-0.2, -0.15) is 5.10 Å². The summed E-state index contributed by atoms with van der Waals surface area (Å²) in [6, 6.07) is 8.39. The molecule has 0 amide bonds. The van der Waals surface area contributed by atoms with Gasteiger partial charge in [0, 0.05) is 32.6 Å². The Hall–Kier alpha value is -2.57. The lowest BCUT2D eigenvalue weighted by atomic mass is 9.98. The van der Waals surface area contributed by atoms with Crippen LogP contribution in [0.3, 0.4) is 0 Å². The first-order chi connectivity index (χ1) is 12.2. The van der Waals surface area contributed by atoms with E-state index >= 15 is 0 Å². The minimum Gasteiger partial charge on any atom is -0.497 e. The van der Waals surface area contributed by atoms with Crippen LogP contribution >= 0.6 is 0 Å². The highest BCUT2D eigenvalue weighted by atomic mass is 16.5. The average Bonchev–Trinajstić information content (AvgIpc) is 3.28. The lowest BCUT2D eigenvalue weighted by molar-refractivity contribution is 0.414. The zero-order valence-electron chi connectivity index (χ0n) is 15.1. The molecule has 1 aliphatic heterocycles. The normalized spacial score (nSPS) is 17.8. The van der Waals surface area contributed by atoms with Crippen LogP contribution in [0.2, 0.25) is 0 Å². The second-order valence-electron chi connectivity index (χ2n) is 6.17. The molecule has 1 N–H and O–H groups in total. The number of aliphatic imine (C=N–C) groups is 1. The minimum atomic E-state index is 0.518. The molecule has 0 spiro atoms. The van der Waals surface area contributed by atoms with E-state index in [1.165, 1.54) is 5.56 Å². The van der Waals surface area contributed by atoms with Gasteiger partial charge in [0.15, 0.2) is 5.96 Å². The first kappa shape index (κ1) is 17.3. The summed E-state index contributed by atoms with van der Waals surface area (Å²) in [5.41, 5.74) is 1.35. The van der Waals surface area contributed by atoms with Gasteiger partial charge in [-0.3, -0.25) is 4.68 Å². The Morgan fingerprint density at radius 1 is 1.36 bits per heavy atom. The van der Waals surface area contributed by atoms with Crippen molar-refractivity contribution in [3.63, 3.8) is 0 Å². The van der Waals surface area contributed by atoms with E-state index < -0.39 is 0 Å². The maximum absolute atomic E-state index is 5.25. The topological polar surface area (TPSA) is 67.6 Å². The maximum Gasteiger partial charge on any atom is 0.194 e. The quantitative estimate of drug-likeness (QED) is 0.663. The van der Waals surface area contributed by atoms with Crippen molar-refractivity contribution >= 4 is 5.96 Å². The zero-order chi connectivity index (χ0) is 17.6. The Morgan fingerprint density at radius 2 is 2.16 bits per heavy atom. The van der Waals surface area contributed by atoms with Crippen molar-refractivity contribution in [3.8, 4) is 5.75 Å². The molecule has 134 valence electrons. The van der Waals surface area contributed by atoms with Crippen molar-refractivity contribution < 1.29 is 4.74 Å². The van der Waals surface area contributed by atoms with Crippen LogP contribution in [-0.2, 0) is 13.6 Å². The molecule has 7 nitrogen and oxygen atoms in total. The molecule has 1 saturated heterocycles. The van der Waals surface area contributed by atoms with Crippen molar-refractivity contribution in [2.45, 2.75) is 25.8 Å². The molecule has 2 aromatic rings. The van der Waals surface area contributed by atoms with E-state index in [0.29, 0.717) is 12.5 Å². The van der Waals surface area contributed by atoms with Gasteiger partial charge in [0.1, 0.15) is 24.4 Å². The standard InChI is InChI=1S/C18H26N6O/c1-4-19-18(20-11-17-21-13-22-23(17)2)24-10-9-15(12-24)14-5-7-16(25-3)8-6-14/h5-8,13,15H,4,9-12H2,1-3H3,(H,19,20)/t15-/m1/s1. The molecular formula is C18H26N6O. The minimum absolute atomic E-state index is 0.518. The van der Waals surface area contributed by atoms with Gasteiger partial charge in [-0.05, 0) is 31.0 Å². The highest BCUT2D eigenvalue weighted by molar-refractivity contribution is 5.80.